The predicted octanol–water partition coefficient (Wildman–Crippen LogP) is 0.585. The van der Waals surface area contributed by atoms with Gasteiger partial charge in [-0.1, -0.05) is 0 Å². The number of ether oxygens (including phenoxy) is 1. The summed E-state index contributed by atoms with van der Waals surface area (Å²) in [5.74, 6) is -0.396. The Hall–Kier alpha value is -0.220. The summed E-state index contributed by atoms with van der Waals surface area (Å²) in [6, 6.07) is -0.661. The average molecular weight is 177 g/mol. The minimum absolute atomic E-state index is 0.358. The normalized spacial score (nSPS) is 14.3. The van der Waals surface area contributed by atoms with Gasteiger partial charge in [-0.2, -0.15) is 12.6 Å². The van der Waals surface area contributed by atoms with Crippen molar-refractivity contribution in [3.8, 4) is 0 Å². The lowest BCUT2D eigenvalue weighted by Crippen LogP contribution is -2.46. The monoisotopic (exact) mass is 177 g/mol. The molecule has 0 bridgehead atoms. The van der Waals surface area contributed by atoms with Gasteiger partial charge >= 0.3 is 5.97 Å². The van der Waals surface area contributed by atoms with E-state index in [1.54, 1.807) is 20.8 Å². The van der Waals surface area contributed by atoms with Crippen LogP contribution in [0.1, 0.15) is 20.8 Å². The minimum atomic E-state index is -0.661. The molecule has 11 heavy (non-hydrogen) atoms. The van der Waals surface area contributed by atoms with Crippen LogP contribution in [0, 0.1) is 0 Å². The summed E-state index contributed by atoms with van der Waals surface area (Å²) in [6.45, 7) is 5.65. The second-order valence-corrected chi connectivity index (χ2v) is 4.04. The number of rotatable bonds is 3. The Morgan fingerprint density at radius 3 is 2.45 bits per heavy atom. The summed E-state index contributed by atoms with van der Waals surface area (Å²) in [6.07, 6.45) is 0. The molecule has 0 heterocycles. The van der Waals surface area contributed by atoms with Crippen LogP contribution in [0.25, 0.3) is 0 Å². The summed E-state index contributed by atoms with van der Waals surface area (Å²) in [5.41, 5.74) is 5.53. The first-order valence-electron chi connectivity index (χ1n) is 3.54. The van der Waals surface area contributed by atoms with E-state index >= 15 is 0 Å². The highest BCUT2D eigenvalue weighted by Gasteiger charge is 2.29. The molecule has 0 aliphatic heterocycles. The summed E-state index contributed by atoms with van der Waals surface area (Å²) in [7, 11) is 0. The Morgan fingerprint density at radius 1 is 1.73 bits per heavy atom. The van der Waals surface area contributed by atoms with Gasteiger partial charge in [0.25, 0.3) is 0 Å². The Bertz CT molecular complexity index is 142. The van der Waals surface area contributed by atoms with Crippen molar-refractivity contribution in [3.05, 3.63) is 0 Å². The van der Waals surface area contributed by atoms with Gasteiger partial charge in [-0.25, -0.2) is 0 Å². The number of esters is 1. The minimum Gasteiger partial charge on any atom is -0.465 e. The maximum Gasteiger partial charge on any atom is 0.324 e. The molecule has 0 unspecified atom stereocenters. The zero-order valence-electron chi connectivity index (χ0n) is 7.13. The van der Waals surface area contributed by atoms with Gasteiger partial charge in [0.2, 0.25) is 0 Å². The lowest BCUT2D eigenvalue weighted by Gasteiger charge is -2.23. The molecule has 0 spiro atoms. The fourth-order valence-corrected chi connectivity index (χ4v) is 0.626. The lowest BCUT2D eigenvalue weighted by molar-refractivity contribution is -0.145. The molecule has 0 saturated heterocycles. The molecule has 0 aliphatic carbocycles. The number of hydrogen-bond donors (Lipinski definition) is 2. The number of thiol groups is 1. The van der Waals surface area contributed by atoms with Gasteiger partial charge < -0.3 is 10.5 Å². The molecule has 2 N–H and O–H groups in total. The molecule has 0 saturated carbocycles. The van der Waals surface area contributed by atoms with E-state index in [1.165, 1.54) is 0 Å². The van der Waals surface area contributed by atoms with E-state index in [9.17, 15) is 4.79 Å². The van der Waals surface area contributed by atoms with Crippen LogP contribution in [-0.4, -0.2) is 23.4 Å². The molecule has 3 nitrogen and oxygen atoms in total. The van der Waals surface area contributed by atoms with Crippen molar-refractivity contribution in [2.24, 2.45) is 5.73 Å². The Labute approximate surface area is 72.7 Å². The summed E-state index contributed by atoms with van der Waals surface area (Å²) in [5, 5.41) is 0. The predicted molar refractivity (Wildman–Crippen MR) is 47.7 cm³/mol. The fourth-order valence-electron chi connectivity index (χ4n) is 0.520. The standard InChI is InChI=1S/C7H15NO2S/c1-4-10-6(9)5(8)7(2,3)11/h5,11H,4,8H2,1-3H3/t5-/m0/s1. The first-order valence-corrected chi connectivity index (χ1v) is 3.99. The van der Waals surface area contributed by atoms with Gasteiger partial charge in [-0.05, 0) is 20.8 Å². The van der Waals surface area contributed by atoms with Gasteiger partial charge in [0.15, 0.2) is 0 Å². The van der Waals surface area contributed by atoms with E-state index in [-0.39, 0.29) is 0 Å². The zero-order valence-corrected chi connectivity index (χ0v) is 8.02. The number of carbonyl (C=O) groups is 1. The molecule has 0 fully saturated rings. The molecule has 0 aliphatic rings. The molecule has 0 aromatic heterocycles. The summed E-state index contributed by atoms with van der Waals surface area (Å²) >= 11 is 4.16. The molecule has 0 radical (unpaired) electrons. The van der Waals surface area contributed by atoms with Crippen molar-refractivity contribution < 1.29 is 9.53 Å². The van der Waals surface area contributed by atoms with Crippen molar-refractivity contribution in [2.45, 2.75) is 31.6 Å². The number of nitrogens with two attached hydrogens (primary N) is 1. The first-order chi connectivity index (χ1) is 4.89. The van der Waals surface area contributed by atoms with Crippen LogP contribution in [0.2, 0.25) is 0 Å². The average Bonchev–Trinajstić information content (AvgIpc) is 1.85. The Morgan fingerprint density at radius 2 is 2.18 bits per heavy atom. The van der Waals surface area contributed by atoms with Crippen LogP contribution in [0.4, 0.5) is 0 Å². The topological polar surface area (TPSA) is 52.3 Å². The molecule has 0 rings (SSSR count). The highest BCUT2D eigenvalue weighted by atomic mass is 32.1. The van der Waals surface area contributed by atoms with E-state index < -0.39 is 16.8 Å². The molecule has 1 atom stereocenters. The van der Waals surface area contributed by atoms with Crippen molar-refractivity contribution in [1.82, 2.24) is 0 Å². The van der Waals surface area contributed by atoms with Crippen molar-refractivity contribution >= 4 is 18.6 Å². The zero-order chi connectivity index (χ0) is 9.07. The molecular formula is C7H15NO2S. The molecule has 0 amide bonds. The Kier molecular flexibility index (Phi) is 3.89. The number of hydrogen-bond acceptors (Lipinski definition) is 4. The van der Waals surface area contributed by atoms with Gasteiger partial charge in [0, 0.05) is 4.75 Å². The van der Waals surface area contributed by atoms with Gasteiger partial charge in [0.1, 0.15) is 6.04 Å². The second kappa shape index (κ2) is 3.97. The van der Waals surface area contributed by atoms with Crippen LogP contribution in [-0.2, 0) is 9.53 Å². The van der Waals surface area contributed by atoms with Crippen molar-refractivity contribution in [2.75, 3.05) is 6.61 Å². The van der Waals surface area contributed by atoms with Gasteiger partial charge in [0.05, 0.1) is 6.61 Å². The van der Waals surface area contributed by atoms with Crippen LogP contribution >= 0.6 is 12.6 Å². The van der Waals surface area contributed by atoms with Crippen molar-refractivity contribution in [3.63, 3.8) is 0 Å². The van der Waals surface area contributed by atoms with E-state index in [1.807, 2.05) is 0 Å². The third-order valence-corrected chi connectivity index (χ3v) is 1.58. The SMILES string of the molecule is CCOC(=O)[C@H](N)C(C)(C)S. The van der Waals surface area contributed by atoms with Crippen LogP contribution < -0.4 is 5.73 Å². The number of carbonyl (C=O) groups excluding carboxylic acids is 1. The molecular weight excluding hydrogens is 162 g/mol. The van der Waals surface area contributed by atoms with E-state index in [0.717, 1.165) is 0 Å². The van der Waals surface area contributed by atoms with Crippen LogP contribution in [0.3, 0.4) is 0 Å². The molecule has 66 valence electrons. The van der Waals surface area contributed by atoms with Crippen molar-refractivity contribution in [1.29, 1.82) is 0 Å². The van der Waals surface area contributed by atoms with Crippen LogP contribution in [0.15, 0.2) is 0 Å². The second-order valence-electron chi connectivity index (χ2n) is 2.88. The highest BCUT2D eigenvalue weighted by Crippen LogP contribution is 2.16. The van der Waals surface area contributed by atoms with Gasteiger partial charge in [-0.15, -0.1) is 0 Å². The first kappa shape index (κ1) is 10.8. The molecule has 4 heteroatoms. The maximum atomic E-state index is 11.0. The summed E-state index contributed by atoms with van der Waals surface area (Å²) < 4.78 is 4.20. The third kappa shape index (κ3) is 3.62. The molecule has 0 aromatic carbocycles. The largest absolute Gasteiger partial charge is 0.465 e. The Balaban J connectivity index is 4.03. The summed E-state index contributed by atoms with van der Waals surface area (Å²) in [4.78, 5) is 11.0. The van der Waals surface area contributed by atoms with E-state index in [4.69, 9.17) is 10.5 Å². The maximum absolute atomic E-state index is 11.0. The smallest absolute Gasteiger partial charge is 0.324 e. The quantitative estimate of drug-likeness (QED) is 0.490. The fraction of sp³-hybridized carbons (Fsp3) is 0.857. The van der Waals surface area contributed by atoms with Gasteiger partial charge in [-0.3, -0.25) is 4.79 Å². The third-order valence-electron chi connectivity index (χ3n) is 1.30. The van der Waals surface area contributed by atoms with Crippen LogP contribution in [0.5, 0.6) is 0 Å². The molecule has 0 aromatic rings. The van der Waals surface area contributed by atoms with E-state index in [2.05, 4.69) is 12.6 Å². The van der Waals surface area contributed by atoms with E-state index in [0.29, 0.717) is 6.61 Å². The lowest BCUT2D eigenvalue weighted by atomic mass is 10.1. The highest BCUT2D eigenvalue weighted by molar-refractivity contribution is 7.81.